The maximum atomic E-state index is 5.18. The summed E-state index contributed by atoms with van der Waals surface area (Å²) in [7, 11) is 0. The molecule has 5 heteroatoms. The molecule has 0 atom stereocenters. The maximum Gasteiger partial charge on any atom is 0.164 e. The molecule has 0 saturated carbocycles. The van der Waals surface area contributed by atoms with Crippen molar-refractivity contribution in [2.45, 2.75) is 0 Å². The molecule has 0 aliphatic carbocycles. The number of aromatic nitrogens is 5. The average molecular weight is 790 g/mol. The van der Waals surface area contributed by atoms with Crippen molar-refractivity contribution in [3.05, 3.63) is 212 Å². The van der Waals surface area contributed by atoms with Crippen LogP contribution in [0.4, 0.5) is 0 Å². The van der Waals surface area contributed by atoms with Gasteiger partial charge in [-0.05, 0) is 81.5 Å². The van der Waals surface area contributed by atoms with E-state index in [0.717, 1.165) is 60.6 Å². The topological polar surface area (TPSA) is 48.5 Å². The molecule has 0 amide bonds. The second-order valence-electron chi connectivity index (χ2n) is 16.0. The number of nitrogens with zero attached hydrogens (tertiary/aromatic N) is 5. The molecule has 0 aliphatic heterocycles. The van der Waals surface area contributed by atoms with Crippen LogP contribution in [0.15, 0.2) is 212 Å². The van der Waals surface area contributed by atoms with Crippen LogP contribution in [0, 0.1) is 0 Å². The SMILES string of the molecule is c1ccc(-c2nc(-c3ccc4c(-n5c6ccccc6c6cc7c8cc9ccccc9cc8n(-c8ccccc8)c7cc65)cccc4c3)nc(-c3cccc4ccccc34)n2)cc1. The molecule has 0 unspecified atom stereocenters. The van der Waals surface area contributed by atoms with E-state index in [2.05, 4.69) is 203 Å². The first-order chi connectivity index (χ1) is 30.7. The number of benzene rings is 10. The molecule has 288 valence electrons. The smallest absolute Gasteiger partial charge is 0.164 e. The molecule has 13 rings (SSSR count). The molecule has 62 heavy (non-hydrogen) atoms. The summed E-state index contributed by atoms with van der Waals surface area (Å²) in [6, 6.07) is 75.8. The fourth-order valence-corrected chi connectivity index (χ4v) is 9.64. The first-order valence-corrected chi connectivity index (χ1v) is 21.0. The third kappa shape index (κ3) is 5.32. The van der Waals surface area contributed by atoms with Crippen LogP contribution >= 0.6 is 0 Å². The van der Waals surface area contributed by atoms with Gasteiger partial charge in [-0.25, -0.2) is 15.0 Å². The number of hydrogen-bond acceptors (Lipinski definition) is 3. The minimum absolute atomic E-state index is 0.634. The second-order valence-corrected chi connectivity index (χ2v) is 16.0. The maximum absolute atomic E-state index is 5.18. The van der Waals surface area contributed by atoms with E-state index in [1.807, 2.05) is 18.2 Å². The molecule has 0 N–H and O–H groups in total. The molecule has 5 nitrogen and oxygen atoms in total. The van der Waals surface area contributed by atoms with Crippen LogP contribution in [-0.2, 0) is 0 Å². The number of rotatable bonds is 5. The number of para-hydroxylation sites is 2. The lowest BCUT2D eigenvalue weighted by atomic mass is 10.0. The molecular weight excluding hydrogens is 755 g/mol. The lowest BCUT2D eigenvalue weighted by Crippen LogP contribution is -2.01. The predicted octanol–water partition coefficient (Wildman–Crippen LogP) is 14.5. The van der Waals surface area contributed by atoms with Crippen LogP contribution in [-0.4, -0.2) is 24.1 Å². The highest BCUT2D eigenvalue weighted by molar-refractivity contribution is 6.21. The minimum atomic E-state index is 0.634. The van der Waals surface area contributed by atoms with E-state index in [1.54, 1.807) is 0 Å². The third-order valence-electron chi connectivity index (χ3n) is 12.5. The molecule has 0 fully saturated rings. The Morgan fingerprint density at radius 3 is 1.69 bits per heavy atom. The Kier molecular flexibility index (Phi) is 7.54. The van der Waals surface area contributed by atoms with Crippen molar-refractivity contribution in [3.63, 3.8) is 0 Å². The van der Waals surface area contributed by atoms with E-state index in [1.165, 1.54) is 43.4 Å². The Balaban J connectivity index is 1.03. The summed E-state index contributed by atoms with van der Waals surface area (Å²) >= 11 is 0. The first kappa shape index (κ1) is 34.5. The quantitative estimate of drug-likeness (QED) is 0.174. The van der Waals surface area contributed by atoms with Gasteiger partial charge in [-0.1, -0.05) is 158 Å². The monoisotopic (exact) mass is 789 g/mol. The van der Waals surface area contributed by atoms with Crippen molar-refractivity contribution in [2.24, 2.45) is 0 Å². The van der Waals surface area contributed by atoms with Gasteiger partial charge in [0, 0.05) is 49.3 Å². The van der Waals surface area contributed by atoms with Gasteiger partial charge in [-0.15, -0.1) is 0 Å². The molecule has 3 heterocycles. The standard InChI is InChI=1S/C57H35N5/c1-3-16-37(17-4-1)55-58-56(60-57(59-55)46-26-13-20-36-15-9-10-24-43(36)46)41-29-30-44-40(31-41)21-14-28-50(44)62-51-27-12-11-25-45(51)48-34-49-47-32-38-18-7-8-19-39(38)33-52(47)61(53(49)35-54(48)62)42-22-5-2-6-23-42/h1-35H. The molecule has 0 radical (unpaired) electrons. The van der Waals surface area contributed by atoms with E-state index in [-0.39, 0.29) is 0 Å². The molecular formula is C57H35N5. The summed E-state index contributed by atoms with van der Waals surface area (Å²) in [5.41, 5.74) is 9.80. The fraction of sp³-hybridized carbons (Fsp3) is 0. The van der Waals surface area contributed by atoms with Gasteiger partial charge in [0.1, 0.15) is 0 Å². The highest BCUT2D eigenvalue weighted by atomic mass is 15.0. The van der Waals surface area contributed by atoms with Gasteiger partial charge in [0.25, 0.3) is 0 Å². The van der Waals surface area contributed by atoms with Gasteiger partial charge in [0.2, 0.25) is 0 Å². The highest BCUT2D eigenvalue weighted by Gasteiger charge is 2.21. The second kappa shape index (κ2) is 13.6. The molecule has 0 saturated heterocycles. The van der Waals surface area contributed by atoms with Crippen molar-refractivity contribution >= 4 is 75.9 Å². The molecule has 13 aromatic rings. The summed E-state index contributed by atoms with van der Waals surface area (Å²) in [5, 5.41) is 11.9. The zero-order valence-corrected chi connectivity index (χ0v) is 33.4. The summed E-state index contributed by atoms with van der Waals surface area (Å²) in [6.45, 7) is 0. The van der Waals surface area contributed by atoms with E-state index in [9.17, 15) is 0 Å². The van der Waals surface area contributed by atoms with Gasteiger partial charge in [0.15, 0.2) is 17.5 Å². The normalized spacial score (nSPS) is 11.9. The third-order valence-corrected chi connectivity index (χ3v) is 12.5. The van der Waals surface area contributed by atoms with Gasteiger partial charge >= 0.3 is 0 Å². The van der Waals surface area contributed by atoms with Gasteiger partial charge in [-0.2, -0.15) is 0 Å². The molecule has 3 aromatic heterocycles. The zero-order valence-electron chi connectivity index (χ0n) is 33.4. The highest BCUT2D eigenvalue weighted by Crippen LogP contribution is 2.42. The molecule has 0 bridgehead atoms. The van der Waals surface area contributed by atoms with Crippen molar-refractivity contribution < 1.29 is 0 Å². The Hall–Kier alpha value is -8.41. The van der Waals surface area contributed by atoms with Crippen LogP contribution in [0.25, 0.3) is 121 Å². The minimum Gasteiger partial charge on any atom is -0.309 e. The van der Waals surface area contributed by atoms with E-state index >= 15 is 0 Å². The predicted molar refractivity (Wildman–Crippen MR) is 257 cm³/mol. The Bertz CT molecular complexity index is 3910. The number of hydrogen-bond donors (Lipinski definition) is 0. The fourth-order valence-electron chi connectivity index (χ4n) is 9.64. The summed E-state index contributed by atoms with van der Waals surface area (Å²) < 4.78 is 4.88. The summed E-state index contributed by atoms with van der Waals surface area (Å²) in [5.74, 6) is 1.93. The van der Waals surface area contributed by atoms with E-state index < -0.39 is 0 Å². The van der Waals surface area contributed by atoms with Crippen LogP contribution in [0.5, 0.6) is 0 Å². The van der Waals surface area contributed by atoms with E-state index in [4.69, 9.17) is 15.0 Å². The molecule has 0 aliphatic rings. The van der Waals surface area contributed by atoms with E-state index in [0.29, 0.717) is 17.5 Å². The summed E-state index contributed by atoms with van der Waals surface area (Å²) in [6.07, 6.45) is 0. The molecule has 0 spiro atoms. The van der Waals surface area contributed by atoms with Crippen LogP contribution < -0.4 is 0 Å². The Morgan fingerprint density at radius 2 is 0.855 bits per heavy atom. The van der Waals surface area contributed by atoms with Crippen molar-refractivity contribution in [1.29, 1.82) is 0 Å². The first-order valence-electron chi connectivity index (χ1n) is 21.0. The zero-order chi connectivity index (χ0) is 40.7. The van der Waals surface area contributed by atoms with Crippen molar-refractivity contribution in [3.8, 4) is 45.5 Å². The lowest BCUT2D eigenvalue weighted by Gasteiger charge is -2.14. The van der Waals surface area contributed by atoms with Crippen LogP contribution in [0.3, 0.4) is 0 Å². The molecule has 10 aromatic carbocycles. The van der Waals surface area contributed by atoms with Crippen LogP contribution in [0.2, 0.25) is 0 Å². The number of fused-ring (bicyclic) bond motifs is 9. The van der Waals surface area contributed by atoms with Gasteiger partial charge in [-0.3, -0.25) is 0 Å². The van der Waals surface area contributed by atoms with Crippen LogP contribution in [0.1, 0.15) is 0 Å². The van der Waals surface area contributed by atoms with Crippen molar-refractivity contribution in [1.82, 2.24) is 24.1 Å². The van der Waals surface area contributed by atoms with Gasteiger partial charge < -0.3 is 9.13 Å². The Labute approximate surface area is 356 Å². The largest absolute Gasteiger partial charge is 0.309 e. The lowest BCUT2D eigenvalue weighted by molar-refractivity contribution is 1.08. The summed E-state index contributed by atoms with van der Waals surface area (Å²) in [4.78, 5) is 15.4. The Morgan fingerprint density at radius 1 is 0.274 bits per heavy atom. The van der Waals surface area contributed by atoms with Gasteiger partial charge in [0.05, 0.1) is 27.8 Å². The van der Waals surface area contributed by atoms with Crippen molar-refractivity contribution in [2.75, 3.05) is 0 Å². The average Bonchev–Trinajstić information content (AvgIpc) is 3.83.